The minimum Gasteiger partial charge on any atom is -0.495 e. The molecule has 1 atom stereocenters. The average Bonchev–Trinajstić information content (AvgIpc) is 3.33. The van der Waals surface area contributed by atoms with Crippen molar-refractivity contribution >= 4 is 11.6 Å². The second-order valence-corrected chi connectivity index (χ2v) is 5.81. The van der Waals surface area contributed by atoms with E-state index < -0.39 is 0 Å². The van der Waals surface area contributed by atoms with Crippen molar-refractivity contribution in [2.75, 3.05) is 18.6 Å². The highest BCUT2D eigenvalue weighted by atomic mass is 16.5. The largest absolute Gasteiger partial charge is 0.495 e. The first-order chi connectivity index (χ1) is 12.3. The summed E-state index contributed by atoms with van der Waals surface area (Å²) in [5.74, 6) is 2.19. The number of hydrogen-bond donors (Lipinski definition) is 1. The Kier molecular flexibility index (Phi) is 3.93. The monoisotopic (exact) mass is 339 g/mol. The molecule has 1 amide bonds. The average molecular weight is 339 g/mol. The maximum Gasteiger partial charge on any atom is 0.238 e. The molecule has 0 spiro atoms. The van der Waals surface area contributed by atoms with Crippen molar-refractivity contribution in [2.24, 2.45) is 0 Å². The molecule has 0 radical (unpaired) electrons. The normalized spacial score (nSPS) is 17.7. The predicted molar refractivity (Wildman–Crippen MR) is 89.2 cm³/mol. The van der Waals surface area contributed by atoms with E-state index in [0.29, 0.717) is 42.7 Å². The first kappa shape index (κ1) is 15.4. The van der Waals surface area contributed by atoms with E-state index in [1.54, 1.807) is 24.4 Å². The van der Waals surface area contributed by atoms with Crippen molar-refractivity contribution < 1.29 is 14.1 Å². The predicted octanol–water partition coefficient (Wildman–Crippen LogP) is 2.38. The Hall–Kier alpha value is -3.16. The second kappa shape index (κ2) is 6.39. The van der Waals surface area contributed by atoms with Crippen LogP contribution in [-0.4, -0.2) is 39.7 Å². The molecular formula is C17H17N5O3. The Labute approximate surface area is 143 Å². The summed E-state index contributed by atoms with van der Waals surface area (Å²) in [7, 11) is 1.60. The third-order valence-electron chi connectivity index (χ3n) is 4.29. The molecule has 0 aliphatic carbocycles. The van der Waals surface area contributed by atoms with Gasteiger partial charge in [0.1, 0.15) is 5.75 Å². The number of aromatic nitrogens is 4. The van der Waals surface area contributed by atoms with Gasteiger partial charge in [-0.3, -0.25) is 4.79 Å². The number of piperidine rings is 1. The highest BCUT2D eigenvalue weighted by molar-refractivity contribution is 5.95. The van der Waals surface area contributed by atoms with Gasteiger partial charge in [-0.2, -0.15) is 4.98 Å². The Bertz CT molecular complexity index is 874. The fraction of sp³-hybridized carbons (Fsp3) is 0.294. The lowest BCUT2D eigenvalue weighted by Crippen LogP contribution is -2.39. The standard InChI is InChI=1S/C17H17N5O3/c1-24-13-5-3-2-4-12(13)22-10-11(6-7-14(22)23)17-20-16(21-25-17)15-18-8-9-19-15/h2-5,8-9,11H,6-7,10H2,1H3,(H,18,19). The van der Waals surface area contributed by atoms with Gasteiger partial charge in [0.25, 0.3) is 0 Å². The van der Waals surface area contributed by atoms with Gasteiger partial charge in [-0.25, -0.2) is 4.98 Å². The van der Waals surface area contributed by atoms with E-state index in [0.717, 1.165) is 5.69 Å². The zero-order valence-electron chi connectivity index (χ0n) is 13.7. The maximum absolute atomic E-state index is 12.4. The fourth-order valence-corrected chi connectivity index (χ4v) is 3.02. The number of carbonyl (C=O) groups excluding carboxylic acids is 1. The number of nitrogens with one attached hydrogen (secondary N) is 1. The Morgan fingerprint density at radius 1 is 1.36 bits per heavy atom. The minimum absolute atomic E-state index is 0.0289. The van der Waals surface area contributed by atoms with Crippen LogP contribution in [0.3, 0.4) is 0 Å². The molecule has 1 aliphatic heterocycles. The second-order valence-electron chi connectivity index (χ2n) is 5.81. The van der Waals surface area contributed by atoms with Gasteiger partial charge in [-0.15, -0.1) is 0 Å². The van der Waals surface area contributed by atoms with Crippen molar-refractivity contribution in [2.45, 2.75) is 18.8 Å². The molecule has 8 heteroatoms. The SMILES string of the molecule is COc1ccccc1N1CC(c2nc(-c3ncc[nH]3)no2)CCC1=O. The summed E-state index contributed by atoms with van der Waals surface area (Å²) in [5, 5.41) is 3.98. The third kappa shape index (κ3) is 2.86. The molecule has 3 aromatic rings. The van der Waals surface area contributed by atoms with Gasteiger partial charge in [-0.05, 0) is 18.6 Å². The van der Waals surface area contributed by atoms with Crippen LogP contribution >= 0.6 is 0 Å². The smallest absolute Gasteiger partial charge is 0.238 e. The number of benzene rings is 1. The molecule has 1 aromatic carbocycles. The molecule has 1 unspecified atom stereocenters. The molecule has 2 aromatic heterocycles. The lowest BCUT2D eigenvalue weighted by molar-refractivity contribution is -0.119. The Balaban J connectivity index is 1.59. The van der Waals surface area contributed by atoms with E-state index in [2.05, 4.69) is 20.1 Å². The molecule has 3 heterocycles. The number of aromatic amines is 1. The molecule has 8 nitrogen and oxygen atoms in total. The van der Waals surface area contributed by atoms with E-state index in [4.69, 9.17) is 9.26 Å². The lowest BCUT2D eigenvalue weighted by atomic mass is 9.96. The number of nitrogens with zero attached hydrogens (tertiary/aromatic N) is 4. The van der Waals surface area contributed by atoms with E-state index in [1.807, 2.05) is 24.3 Å². The summed E-state index contributed by atoms with van der Waals surface area (Å²) in [6.07, 6.45) is 4.42. The van der Waals surface area contributed by atoms with Gasteiger partial charge in [-0.1, -0.05) is 17.3 Å². The molecule has 0 bridgehead atoms. The molecule has 128 valence electrons. The summed E-state index contributed by atoms with van der Waals surface area (Å²) in [4.78, 5) is 25.6. The van der Waals surface area contributed by atoms with Crippen LogP contribution in [0.1, 0.15) is 24.7 Å². The maximum atomic E-state index is 12.4. The van der Waals surface area contributed by atoms with Crippen molar-refractivity contribution in [1.29, 1.82) is 0 Å². The van der Waals surface area contributed by atoms with Crippen molar-refractivity contribution in [3.8, 4) is 17.4 Å². The number of imidazole rings is 1. The summed E-state index contributed by atoms with van der Waals surface area (Å²) in [6, 6.07) is 7.48. The number of para-hydroxylation sites is 2. The van der Waals surface area contributed by atoms with Gasteiger partial charge in [0.15, 0.2) is 5.82 Å². The van der Waals surface area contributed by atoms with Gasteiger partial charge in [0.2, 0.25) is 17.6 Å². The van der Waals surface area contributed by atoms with E-state index in [1.165, 1.54) is 0 Å². The van der Waals surface area contributed by atoms with E-state index in [-0.39, 0.29) is 11.8 Å². The van der Waals surface area contributed by atoms with Gasteiger partial charge in [0.05, 0.1) is 18.7 Å². The van der Waals surface area contributed by atoms with Crippen LogP contribution in [0.4, 0.5) is 5.69 Å². The zero-order valence-corrected chi connectivity index (χ0v) is 13.7. The number of ether oxygens (including phenoxy) is 1. The number of amides is 1. The quantitative estimate of drug-likeness (QED) is 0.784. The first-order valence-electron chi connectivity index (χ1n) is 8.03. The van der Waals surface area contributed by atoms with Crippen LogP contribution in [0.25, 0.3) is 11.6 Å². The van der Waals surface area contributed by atoms with Crippen LogP contribution in [0, 0.1) is 0 Å². The van der Waals surface area contributed by atoms with Crippen LogP contribution in [0.15, 0.2) is 41.2 Å². The van der Waals surface area contributed by atoms with E-state index >= 15 is 0 Å². The molecule has 4 rings (SSSR count). The first-order valence-corrected chi connectivity index (χ1v) is 8.03. The van der Waals surface area contributed by atoms with Gasteiger partial charge in [0, 0.05) is 25.4 Å². The highest BCUT2D eigenvalue weighted by Crippen LogP contribution is 2.35. The van der Waals surface area contributed by atoms with Crippen LogP contribution in [0.5, 0.6) is 5.75 Å². The molecule has 1 aliphatic rings. The summed E-state index contributed by atoms with van der Waals surface area (Å²) in [6.45, 7) is 0.471. The van der Waals surface area contributed by atoms with Crippen molar-refractivity contribution in [3.63, 3.8) is 0 Å². The number of hydrogen-bond acceptors (Lipinski definition) is 6. The number of anilines is 1. The fourth-order valence-electron chi connectivity index (χ4n) is 3.02. The molecule has 1 N–H and O–H groups in total. The number of H-pyrrole nitrogens is 1. The topological polar surface area (TPSA) is 97.1 Å². The van der Waals surface area contributed by atoms with E-state index in [9.17, 15) is 4.79 Å². The Morgan fingerprint density at radius 3 is 3.04 bits per heavy atom. The van der Waals surface area contributed by atoms with Crippen molar-refractivity contribution in [1.82, 2.24) is 20.1 Å². The van der Waals surface area contributed by atoms with Crippen LogP contribution in [0.2, 0.25) is 0 Å². The number of rotatable bonds is 4. The van der Waals surface area contributed by atoms with Gasteiger partial charge < -0.3 is 19.1 Å². The van der Waals surface area contributed by atoms with Gasteiger partial charge >= 0.3 is 0 Å². The highest BCUT2D eigenvalue weighted by Gasteiger charge is 2.32. The van der Waals surface area contributed by atoms with Crippen LogP contribution in [-0.2, 0) is 4.79 Å². The Morgan fingerprint density at radius 2 is 2.24 bits per heavy atom. The molecule has 25 heavy (non-hydrogen) atoms. The van der Waals surface area contributed by atoms with Crippen LogP contribution < -0.4 is 9.64 Å². The van der Waals surface area contributed by atoms with Crippen molar-refractivity contribution in [3.05, 3.63) is 42.5 Å². The zero-order chi connectivity index (χ0) is 17.2. The molecular weight excluding hydrogens is 322 g/mol. The molecule has 0 saturated carbocycles. The number of methoxy groups -OCH3 is 1. The summed E-state index contributed by atoms with van der Waals surface area (Å²) in [5.41, 5.74) is 0.755. The lowest BCUT2D eigenvalue weighted by Gasteiger charge is -2.31. The molecule has 1 saturated heterocycles. The number of carbonyl (C=O) groups is 1. The minimum atomic E-state index is -0.0289. The summed E-state index contributed by atoms with van der Waals surface area (Å²) >= 11 is 0. The summed E-state index contributed by atoms with van der Waals surface area (Å²) < 4.78 is 10.8. The molecule has 1 fully saturated rings. The third-order valence-corrected chi connectivity index (χ3v) is 4.29.